The Labute approximate surface area is 230 Å². The van der Waals surface area contributed by atoms with E-state index in [2.05, 4.69) is 0 Å². The monoisotopic (exact) mass is 573 g/mol. The molecule has 0 bridgehead atoms. The molecule has 0 saturated carbocycles. The van der Waals surface area contributed by atoms with E-state index in [4.69, 9.17) is 19.5 Å². The first-order valence-corrected chi connectivity index (χ1v) is 14.3. The van der Waals surface area contributed by atoms with Crippen molar-refractivity contribution >= 4 is 19.5 Å². The molecular weight excluding hydrogens is 543 g/mol. The summed E-state index contributed by atoms with van der Waals surface area (Å²) in [6.45, 7) is 2.20. The molecule has 0 unspecified atom stereocenters. The van der Waals surface area contributed by atoms with Crippen LogP contribution in [0, 0.1) is 0 Å². The van der Waals surface area contributed by atoms with Crippen molar-refractivity contribution in [2.24, 2.45) is 5.73 Å². The molecule has 11 heteroatoms. The lowest BCUT2D eigenvalue weighted by Crippen LogP contribution is -2.57. The molecule has 0 saturated heterocycles. The van der Waals surface area contributed by atoms with Crippen LogP contribution < -0.4 is 5.73 Å². The van der Waals surface area contributed by atoms with Crippen molar-refractivity contribution in [3.05, 3.63) is 95.1 Å². The van der Waals surface area contributed by atoms with Gasteiger partial charge in [-0.05, 0) is 41.7 Å². The molecule has 4 rings (SSSR count). The topological polar surface area (TPSA) is 125 Å². The summed E-state index contributed by atoms with van der Waals surface area (Å²) in [4.78, 5) is 25.2. The summed E-state index contributed by atoms with van der Waals surface area (Å²) < 4.78 is 57.9. The average Bonchev–Trinajstić information content (AvgIpc) is 3.25. The van der Waals surface area contributed by atoms with Crippen LogP contribution in [-0.2, 0) is 40.0 Å². The number of hydrogen-bond donors (Lipinski definition) is 2. The number of rotatable bonds is 12. The molecule has 40 heavy (non-hydrogen) atoms. The van der Waals surface area contributed by atoms with Gasteiger partial charge in [-0.25, -0.2) is 9.59 Å². The number of carbonyl (C=O) groups is 2. The normalized spacial score (nSPS) is 14.7. The Morgan fingerprint density at radius 2 is 1.40 bits per heavy atom. The van der Waals surface area contributed by atoms with Crippen molar-refractivity contribution in [1.82, 2.24) is 0 Å². The van der Waals surface area contributed by atoms with E-state index in [-0.39, 0.29) is 31.3 Å². The van der Waals surface area contributed by atoms with Gasteiger partial charge in [0.25, 0.3) is 0 Å². The van der Waals surface area contributed by atoms with Gasteiger partial charge in [0, 0.05) is 17.9 Å². The zero-order valence-corrected chi connectivity index (χ0v) is 22.9. The lowest BCUT2D eigenvalue weighted by Gasteiger charge is -2.26. The zero-order valence-electron chi connectivity index (χ0n) is 22.0. The van der Waals surface area contributed by atoms with Gasteiger partial charge in [0.15, 0.2) is 0 Å². The van der Waals surface area contributed by atoms with Gasteiger partial charge < -0.3 is 24.6 Å². The lowest BCUT2D eigenvalue weighted by molar-refractivity contribution is -0.161. The SMILES string of the molecule is CCOP(=O)(OCC)C(F)(F)c1ccc(C[C@](N)(C(=O)O)C(=O)OCC2c3ccccc3-c3ccccc32)cc1. The summed E-state index contributed by atoms with van der Waals surface area (Å²) in [5.41, 5.74) is 3.05. The van der Waals surface area contributed by atoms with Gasteiger partial charge in [-0.2, -0.15) is 8.78 Å². The van der Waals surface area contributed by atoms with Gasteiger partial charge in [-0.1, -0.05) is 72.8 Å². The molecule has 3 N–H and O–H groups in total. The third kappa shape index (κ3) is 5.32. The minimum Gasteiger partial charge on any atom is -0.479 e. The van der Waals surface area contributed by atoms with Gasteiger partial charge in [0.05, 0.1) is 13.2 Å². The number of alkyl halides is 2. The molecule has 212 valence electrons. The highest BCUT2D eigenvalue weighted by molar-refractivity contribution is 7.54. The second kappa shape index (κ2) is 11.6. The van der Waals surface area contributed by atoms with Crippen molar-refractivity contribution in [3.8, 4) is 11.1 Å². The molecule has 0 heterocycles. The Balaban J connectivity index is 1.52. The predicted molar refractivity (Wildman–Crippen MR) is 144 cm³/mol. The Hall–Kier alpha value is -3.43. The Morgan fingerprint density at radius 3 is 1.88 bits per heavy atom. The highest BCUT2D eigenvalue weighted by Gasteiger charge is 2.54. The number of halogens is 2. The van der Waals surface area contributed by atoms with Gasteiger partial charge in [0.1, 0.15) is 6.61 Å². The first kappa shape index (κ1) is 29.6. The minimum absolute atomic E-state index is 0.131. The fraction of sp³-hybridized carbons (Fsp3) is 0.310. The molecular formula is C29H30F2NO7P. The van der Waals surface area contributed by atoms with Crippen molar-refractivity contribution in [1.29, 1.82) is 0 Å². The van der Waals surface area contributed by atoms with E-state index in [1.807, 2.05) is 48.5 Å². The molecule has 0 spiro atoms. The number of carboxylic acid groups (broad SMARTS) is 1. The van der Waals surface area contributed by atoms with Crippen LogP contribution in [0.4, 0.5) is 8.78 Å². The number of nitrogens with two attached hydrogens (primary N) is 1. The van der Waals surface area contributed by atoms with E-state index in [0.29, 0.717) is 0 Å². The number of benzene rings is 3. The molecule has 3 aromatic rings. The molecule has 8 nitrogen and oxygen atoms in total. The first-order valence-electron chi connectivity index (χ1n) is 12.7. The molecule has 1 aliphatic carbocycles. The fourth-order valence-electron chi connectivity index (χ4n) is 4.80. The van der Waals surface area contributed by atoms with E-state index in [9.17, 15) is 19.3 Å². The molecule has 0 amide bonds. The van der Waals surface area contributed by atoms with Crippen LogP contribution in [0.3, 0.4) is 0 Å². The molecule has 3 aromatic carbocycles. The number of carboxylic acids is 1. The molecule has 1 aliphatic rings. The number of carbonyl (C=O) groups excluding carboxylic acids is 1. The van der Waals surface area contributed by atoms with Crippen molar-refractivity contribution in [3.63, 3.8) is 0 Å². The van der Waals surface area contributed by atoms with Crippen LogP contribution in [0.5, 0.6) is 0 Å². The second-order valence-corrected chi connectivity index (χ2v) is 11.4. The third-order valence-electron chi connectivity index (χ3n) is 6.82. The van der Waals surface area contributed by atoms with Crippen LogP contribution in [0.25, 0.3) is 11.1 Å². The van der Waals surface area contributed by atoms with E-state index in [1.165, 1.54) is 26.0 Å². The summed E-state index contributed by atoms with van der Waals surface area (Å²) in [7, 11) is -4.82. The summed E-state index contributed by atoms with van der Waals surface area (Å²) in [6.07, 6.45) is -0.528. The van der Waals surface area contributed by atoms with E-state index >= 15 is 8.78 Å². The number of esters is 1. The number of fused-ring (bicyclic) bond motifs is 3. The lowest BCUT2D eigenvalue weighted by atomic mass is 9.91. The Kier molecular flexibility index (Phi) is 8.56. The van der Waals surface area contributed by atoms with Gasteiger partial charge in [-0.3, -0.25) is 4.57 Å². The van der Waals surface area contributed by atoms with Crippen LogP contribution in [-0.4, -0.2) is 42.4 Å². The van der Waals surface area contributed by atoms with Crippen LogP contribution in [0.15, 0.2) is 72.8 Å². The zero-order chi connectivity index (χ0) is 29.1. The predicted octanol–water partition coefficient (Wildman–Crippen LogP) is 5.68. The van der Waals surface area contributed by atoms with Gasteiger partial charge in [-0.15, -0.1) is 0 Å². The Bertz CT molecular complexity index is 1390. The standard InChI is InChI=1S/C29H30F2NO7P/c1-3-38-40(36,39-4-2)29(30,31)20-15-13-19(14-16-20)17-28(32,26(33)34)27(35)37-18-25-23-11-7-5-9-21(23)22-10-6-8-12-24(22)25/h5-16,25H,3-4,17-18,32H2,1-2H3,(H,33,34)/t28-/m0/s1. The number of aliphatic carboxylic acids is 1. The molecule has 1 atom stereocenters. The summed E-state index contributed by atoms with van der Waals surface area (Å²) in [5, 5.41) is 9.86. The van der Waals surface area contributed by atoms with Gasteiger partial charge >= 0.3 is 25.2 Å². The highest BCUT2D eigenvalue weighted by Crippen LogP contribution is 2.66. The molecule has 0 fully saturated rings. The number of hydrogen-bond acceptors (Lipinski definition) is 7. The summed E-state index contributed by atoms with van der Waals surface area (Å²) in [5.74, 6) is -3.09. The minimum atomic E-state index is -4.82. The van der Waals surface area contributed by atoms with Crippen molar-refractivity contribution in [2.75, 3.05) is 19.8 Å². The Morgan fingerprint density at radius 1 is 0.900 bits per heavy atom. The second-order valence-electron chi connectivity index (χ2n) is 9.35. The van der Waals surface area contributed by atoms with Gasteiger partial charge in [0.2, 0.25) is 5.54 Å². The number of ether oxygens (including phenoxy) is 1. The van der Waals surface area contributed by atoms with Crippen LogP contribution in [0.2, 0.25) is 0 Å². The molecule has 0 aromatic heterocycles. The maximum atomic E-state index is 15.1. The fourth-order valence-corrected chi connectivity index (χ4v) is 6.35. The van der Waals surface area contributed by atoms with E-state index in [1.54, 1.807) is 0 Å². The maximum absolute atomic E-state index is 15.1. The summed E-state index contributed by atoms with van der Waals surface area (Å²) in [6, 6.07) is 19.7. The molecule has 0 radical (unpaired) electrons. The third-order valence-corrected chi connectivity index (χ3v) is 8.96. The smallest absolute Gasteiger partial charge is 0.404 e. The average molecular weight is 574 g/mol. The van der Waals surface area contributed by atoms with Crippen LogP contribution in [0.1, 0.15) is 42.0 Å². The van der Waals surface area contributed by atoms with E-state index in [0.717, 1.165) is 34.4 Å². The summed E-state index contributed by atoms with van der Waals surface area (Å²) >= 11 is 0. The van der Waals surface area contributed by atoms with Crippen LogP contribution >= 0.6 is 7.60 Å². The quantitative estimate of drug-likeness (QED) is 0.161. The first-order chi connectivity index (χ1) is 19.0. The molecule has 0 aliphatic heterocycles. The maximum Gasteiger partial charge on any atom is 0.404 e. The largest absolute Gasteiger partial charge is 0.479 e. The van der Waals surface area contributed by atoms with E-state index < -0.39 is 42.7 Å². The highest BCUT2D eigenvalue weighted by atomic mass is 31.2. The van der Waals surface area contributed by atoms with Crippen molar-refractivity contribution in [2.45, 2.75) is 37.4 Å². The van der Waals surface area contributed by atoms with Crippen molar-refractivity contribution < 1.29 is 41.8 Å².